The minimum Gasteiger partial charge on any atom is -0.398 e. The molecule has 0 unspecified atom stereocenters. The Kier molecular flexibility index (Phi) is 3.66. The summed E-state index contributed by atoms with van der Waals surface area (Å²) in [5, 5.41) is 0.130. The predicted octanol–water partition coefficient (Wildman–Crippen LogP) is 1.04. The van der Waals surface area contributed by atoms with Crippen LogP contribution in [0.25, 0.3) is 0 Å². The number of hydrogen-bond acceptors (Lipinski definition) is 4. The lowest BCUT2D eigenvalue weighted by Gasteiger charge is -2.09. The van der Waals surface area contributed by atoms with Gasteiger partial charge in [0.15, 0.2) is 0 Å². The number of nitrogens with two attached hydrogens (primary N) is 2. The van der Waals surface area contributed by atoms with Gasteiger partial charge in [-0.1, -0.05) is 11.6 Å². The van der Waals surface area contributed by atoms with Gasteiger partial charge in [-0.05, 0) is 28.1 Å². The van der Waals surface area contributed by atoms with Crippen LogP contribution >= 0.6 is 27.5 Å². The van der Waals surface area contributed by atoms with Gasteiger partial charge in [-0.15, -0.1) is 0 Å². The largest absolute Gasteiger partial charge is 0.398 e. The second-order valence-electron chi connectivity index (χ2n) is 2.78. The summed E-state index contributed by atoms with van der Waals surface area (Å²) in [6, 6.07) is 1.33. The summed E-state index contributed by atoms with van der Waals surface area (Å²) in [4.78, 5) is 10.3. The Balaban J connectivity index is 3.39. The fourth-order valence-electron chi connectivity index (χ4n) is 0.967. The summed E-state index contributed by atoms with van der Waals surface area (Å²) in [5.41, 5.74) is 10.4. The number of halogens is 2. The van der Waals surface area contributed by atoms with Gasteiger partial charge in [0.05, 0.1) is 4.47 Å². The zero-order valence-corrected chi connectivity index (χ0v) is 10.9. The summed E-state index contributed by atoms with van der Waals surface area (Å²) >= 11 is 8.64. The molecule has 1 aromatic carbocycles. The molecule has 9 heteroatoms. The predicted molar refractivity (Wildman–Crippen MR) is 63.5 cm³/mol. The molecule has 0 heterocycles. The smallest absolute Gasteiger partial charge is 0.326 e. The van der Waals surface area contributed by atoms with Crippen LogP contribution in [-0.2, 0) is 10.0 Å². The fourth-order valence-corrected chi connectivity index (χ4v) is 3.14. The zero-order valence-electron chi connectivity index (χ0n) is 7.70. The van der Waals surface area contributed by atoms with Crippen LogP contribution in [-0.4, -0.2) is 14.4 Å². The Bertz CT molecular complexity index is 546. The summed E-state index contributed by atoms with van der Waals surface area (Å²) in [7, 11) is -4.07. The van der Waals surface area contributed by atoms with Crippen molar-refractivity contribution < 1.29 is 13.2 Å². The molecule has 0 bridgehead atoms. The molecular formula is C7H7BrClN3O3S. The van der Waals surface area contributed by atoms with Crippen molar-refractivity contribution in [2.24, 2.45) is 5.73 Å². The van der Waals surface area contributed by atoms with Crippen molar-refractivity contribution in [2.45, 2.75) is 4.90 Å². The normalized spacial score (nSPS) is 11.1. The Morgan fingerprint density at radius 1 is 1.44 bits per heavy atom. The molecule has 0 saturated carbocycles. The van der Waals surface area contributed by atoms with E-state index in [-0.39, 0.29) is 20.1 Å². The maximum absolute atomic E-state index is 11.6. The van der Waals surface area contributed by atoms with Gasteiger partial charge in [0.25, 0.3) is 10.0 Å². The van der Waals surface area contributed by atoms with Gasteiger partial charge >= 0.3 is 6.03 Å². The number of anilines is 1. The summed E-state index contributed by atoms with van der Waals surface area (Å²) in [6.07, 6.45) is 0. The molecule has 0 aromatic heterocycles. The number of carbonyl (C=O) groups excluding carboxylic acids is 1. The molecule has 1 rings (SSSR count). The van der Waals surface area contributed by atoms with Crippen LogP contribution < -0.4 is 16.2 Å². The lowest BCUT2D eigenvalue weighted by atomic mass is 10.3. The molecule has 6 nitrogen and oxygen atoms in total. The van der Waals surface area contributed by atoms with Crippen molar-refractivity contribution in [1.29, 1.82) is 0 Å². The molecule has 0 spiro atoms. The third kappa shape index (κ3) is 2.77. The monoisotopic (exact) mass is 327 g/mol. The molecule has 0 saturated heterocycles. The number of hydrogen-bond donors (Lipinski definition) is 3. The van der Waals surface area contributed by atoms with Crippen molar-refractivity contribution in [1.82, 2.24) is 4.72 Å². The molecule has 0 aliphatic carbocycles. The van der Waals surface area contributed by atoms with Gasteiger partial charge in [0.2, 0.25) is 0 Å². The summed E-state index contributed by atoms with van der Waals surface area (Å²) in [6.45, 7) is 0. The Labute approximate surface area is 105 Å². The summed E-state index contributed by atoms with van der Waals surface area (Å²) in [5.74, 6) is 0. The molecule has 2 amide bonds. The van der Waals surface area contributed by atoms with E-state index in [1.165, 1.54) is 6.07 Å². The van der Waals surface area contributed by atoms with Gasteiger partial charge in [0.1, 0.15) is 4.90 Å². The van der Waals surface area contributed by atoms with Crippen LogP contribution in [0.4, 0.5) is 10.5 Å². The summed E-state index contributed by atoms with van der Waals surface area (Å²) < 4.78 is 24.9. The maximum atomic E-state index is 11.6. The number of primary amides is 1. The van der Waals surface area contributed by atoms with E-state index >= 15 is 0 Å². The Morgan fingerprint density at radius 2 is 2.00 bits per heavy atom. The van der Waals surface area contributed by atoms with Crippen molar-refractivity contribution in [2.75, 3.05) is 5.73 Å². The number of nitrogen functional groups attached to an aromatic ring is 1. The number of sulfonamides is 1. The second-order valence-corrected chi connectivity index (χ2v) is 5.66. The number of urea groups is 1. The Hall–Kier alpha value is -0.990. The first-order chi connectivity index (χ1) is 7.24. The van der Waals surface area contributed by atoms with Gasteiger partial charge in [-0.3, -0.25) is 0 Å². The highest BCUT2D eigenvalue weighted by molar-refractivity contribution is 9.10. The van der Waals surface area contributed by atoms with E-state index in [1.54, 1.807) is 4.72 Å². The molecule has 0 atom stereocenters. The maximum Gasteiger partial charge on any atom is 0.326 e. The van der Waals surface area contributed by atoms with E-state index in [0.717, 1.165) is 6.07 Å². The van der Waals surface area contributed by atoms with Gasteiger partial charge in [-0.2, -0.15) is 0 Å². The van der Waals surface area contributed by atoms with Gasteiger partial charge in [-0.25, -0.2) is 17.9 Å². The number of rotatable bonds is 2. The SMILES string of the molecule is NC(=O)NS(=O)(=O)c1cc(Cl)cc(N)c1Br. The van der Waals surface area contributed by atoms with Crippen LogP contribution in [0.2, 0.25) is 5.02 Å². The van der Waals surface area contributed by atoms with E-state index in [4.69, 9.17) is 23.1 Å². The van der Waals surface area contributed by atoms with E-state index in [2.05, 4.69) is 15.9 Å². The van der Waals surface area contributed by atoms with Crippen molar-refractivity contribution >= 4 is 49.3 Å². The van der Waals surface area contributed by atoms with Crippen LogP contribution in [0, 0.1) is 0 Å². The van der Waals surface area contributed by atoms with Crippen LogP contribution in [0.1, 0.15) is 0 Å². The number of carbonyl (C=O) groups is 1. The molecule has 0 aliphatic heterocycles. The molecule has 0 aliphatic rings. The minimum atomic E-state index is -4.07. The first-order valence-corrected chi connectivity index (χ1v) is 6.46. The van der Waals surface area contributed by atoms with Crippen molar-refractivity contribution in [3.63, 3.8) is 0 Å². The van der Waals surface area contributed by atoms with E-state index in [1.807, 2.05) is 0 Å². The topological polar surface area (TPSA) is 115 Å². The van der Waals surface area contributed by atoms with Gasteiger partial charge in [0, 0.05) is 10.7 Å². The number of amides is 2. The average molecular weight is 329 g/mol. The highest BCUT2D eigenvalue weighted by Gasteiger charge is 2.21. The Morgan fingerprint density at radius 3 is 2.50 bits per heavy atom. The van der Waals surface area contributed by atoms with E-state index in [0.29, 0.717) is 0 Å². The third-order valence-electron chi connectivity index (χ3n) is 1.56. The molecular weight excluding hydrogens is 322 g/mol. The van der Waals surface area contributed by atoms with Crippen LogP contribution in [0.3, 0.4) is 0 Å². The average Bonchev–Trinajstić information content (AvgIpc) is 2.08. The number of benzene rings is 1. The molecule has 0 fully saturated rings. The minimum absolute atomic E-state index is 0.116. The van der Waals surface area contributed by atoms with Crippen molar-refractivity contribution in [3.05, 3.63) is 21.6 Å². The lowest BCUT2D eigenvalue weighted by molar-refractivity contribution is 0.253. The second kappa shape index (κ2) is 4.48. The first-order valence-electron chi connectivity index (χ1n) is 3.81. The quantitative estimate of drug-likeness (QED) is 0.703. The number of nitrogens with one attached hydrogen (secondary N) is 1. The van der Waals surface area contributed by atoms with Crippen LogP contribution in [0.5, 0.6) is 0 Å². The fraction of sp³-hybridized carbons (Fsp3) is 0. The highest BCUT2D eigenvalue weighted by atomic mass is 79.9. The van der Waals surface area contributed by atoms with Crippen molar-refractivity contribution in [3.8, 4) is 0 Å². The third-order valence-corrected chi connectivity index (χ3v) is 4.29. The molecule has 88 valence electrons. The zero-order chi connectivity index (χ0) is 12.5. The lowest BCUT2D eigenvalue weighted by Crippen LogP contribution is -2.35. The van der Waals surface area contributed by atoms with Crippen LogP contribution in [0.15, 0.2) is 21.5 Å². The molecule has 16 heavy (non-hydrogen) atoms. The van der Waals surface area contributed by atoms with Gasteiger partial charge < -0.3 is 11.5 Å². The standard InChI is InChI=1S/C7H7BrClN3O3S/c8-6-4(10)1-3(9)2-5(6)16(14,15)12-7(11)13/h1-2H,10H2,(H3,11,12,13). The van der Waals surface area contributed by atoms with E-state index in [9.17, 15) is 13.2 Å². The first kappa shape index (κ1) is 13.1. The highest BCUT2D eigenvalue weighted by Crippen LogP contribution is 2.31. The molecule has 1 aromatic rings. The van der Waals surface area contributed by atoms with E-state index < -0.39 is 16.1 Å². The molecule has 0 radical (unpaired) electrons. The molecule has 5 N–H and O–H groups in total.